The number of ether oxygens (including phenoxy) is 1. The second-order valence-electron chi connectivity index (χ2n) is 4.13. The van der Waals surface area contributed by atoms with Crippen LogP contribution in [-0.2, 0) is 10.5 Å². The highest BCUT2D eigenvalue weighted by atomic mass is 32.2. The first-order valence-corrected chi connectivity index (χ1v) is 6.67. The molecule has 1 aliphatic heterocycles. The highest BCUT2D eigenvalue weighted by Gasteiger charge is 2.24. The molecule has 17 heavy (non-hydrogen) atoms. The number of hydrogen-bond acceptors (Lipinski definition) is 3. The van der Waals surface area contributed by atoms with Gasteiger partial charge in [0, 0.05) is 17.6 Å². The third kappa shape index (κ3) is 2.99. The predicted molar refractivity (Wildman–Crippen MR) is 66.2 cm³/mol. The predicted octanol–water partition coefficient (Wildman–Crippen LogP) is 3.11. The van der Waals surface area contributed by atoms with Crippen LogP contribution in [0.25, 0.3) is 0 Å². The number of hydrogen-bond donors (Lipinski definition) is 0. The summed E-state index contributed by atoms with van der Waals surface area (Å²) >= 11 is 1.70. The fourth-order valence-corrected chi connectivity index (χ4v) is 3.11. The third-order valence-corrected chi connectivity index (χ3v) is 4.46. The molecule has 0 radical (unpaired) electrons. The Morgan fingerprint density at radius 1 is 1.59 bits per heavy atom. The van der Waals surface area contributed by atoms with Gasteiger partial charge >= 0.3 is 0 Å². The molecule has 4 heteroatoms. The first-order valence-electron chi connectivity index (χ1n) is 5.62. The van der Waals surface area contributed by atoms with E-state index < -0.39 is 0 Å². The maximum atomic E-state index is 13.5. The van der Waals surface area contributed by atoms with Crippen LogP contribution in [0.2, 0.25) is 0 Å². The number of thioether (sulfide) groups is 1. The largest absolute Gasteiger partial charge is 0.377 e. The van der Waals surface area contributed by atoms with Crippen LogP contribution in [-0.4, -0.2) is 18.0 Å². The second-order valence-corrected chi connectivity index (χ2v) is 5.36. The molecule has 0 bridgehead atoms. The van der Waals surface area contributed by atoms with Crippen LogP contribution in [0.1, 0.15) is 24.5 Å². The molecule has 1 fully saturated rings. The van der Waals surface area contributed by atoms with Crippen LogP contribution in [0.3, 0.4) is 0 Å². The molecule has 90 valence electrons. The summed E-state index contributed by atoms with van der Waals surface area (Å²) in [6.45, 7) is 2.84. The van der Waals surface area contributed by atoms with Crippen molar-refractivity contribution >= 4 is 11.8 Å². The van der Waals surface area contributed by atoms with Crippen molar-refractivity contribution in [3.8, 4) is 6.07 Å². The molecule has 0 N–H and O–H groups in total. The average Bonchev–Trinajstić information content (AvgIpc) is 2.74. The molecule has 1 aromatic carbocycles. The highest BCUT2D eigenvalue weighted by molar-refractivity contribution is 7.99. The molecule has 0 aromatic heterocycles. The lowest BCUT2D eigenvalue weighted by atomic mass is 10.1. The van der Waals surface area contributed by atoms with E-state index in [4.69, 9.17) is 10.00 Å². The van der Waals surface area contributed by atoms with Gasteiger partial charge in [-0.15, -0.1) is 0 Å². The molecule has 1 heterocycles. The summed E-state index contributed by atoms with van der Waals surface area (Å²) in [5.74, 6) is 0.364. The van der Waals surface area contributed by atoms with Gasteiger partial charge in [-0.05, 0) is 37.1 Å². The SMILES string of the molecule is C[C@H]1OCC[C@H]1SCc1cc(C#N)ccc1F. The zero-order valence-electron chi connectivity index (χ0n) is 9.65. The zero-order chi connectivity index (χ0) is 12.3. The Morgan fingerprint density at radius 2 is 2.41 bits per heavy atom. The first kappa shape index (κ1) is 12.4. The Labute approximate surface area is 105 Å². The van der Waals surface area contributed by atoms with Gasteiger partial charge in [-0.25, -0.2) is 4.39 Å². The van der Waals surface area contributed by atoms with E-state index in [0.29, 0.717) is 22.1 Å². The van der Waals surface area contributed by atoms with Gasteiger partial charge in [-0.1, -0.05) is 0 Å². The second kappa shape index (κ2) is 5.52. The molecule has 1 aromatic rings. The molecular weight excluding hydrogens is 237 g/mol. The summed E-state index contributed by atoms with van der Waals surface area (Å²) in [7, 11) is 0. The fourth-order valence-electron chi connectivity index (χ4n) is 1.88. The molecule has 1 saturated heterocycles. The van der Waals surface area contributed by atoms with Crippen LogP contribution in [0.5, 0.6) is 0 Å². The number of rotatable bonds is 3. The van der Waals surface area contributed by atoms with Crippen molar-refractivity contribution in [3.05, 3.63) is 35.1 Å². The number of nitriles is 1. The Balaban J connectivity index is 2.01. The molecule has 2 atom stereocenters. The summed E-state index contributed by atoms with van der Waals surface area (Å²) in [5, 5.41) is 9.21. The standard InChI is InChI=1S/C13H14FNOS/c1-9-13(4-5-16-9)17-8-11-6-10(7-15)2-3-12(11)14/h2-3,6,9,13H,4-5,8H2,1H3/t9-,13-/m1/s1. The van der Waals surface area contributed by atoms with Gasteiger partial charge in [0.15, 0.2) is 0 Å². The van der Waals surface area contributed by atoms with Crippen molar-refractivity contribution in [2.24, 2.45) is 0 Å². The topological polar surface area (TPSA) is 33.0 Å². The molecule has 1 aliphatic rings. The van der Waals surface area contributed by atoms with Gasteiger partial charge in [-0.3, -0.25) is 0 Å². The van der Waals surface area contributed by atoms with E-state index in [1.54, 1.807) is 17.8 Å². The van der Waals surface area contributed by atoms with Crippen molar-refractivity contribution in [3.63, 3.8) is 0 Å². The lowest BCUT2D eigenvalue weighted by Gasteiger charge is -2.13. The van der Waals surface area contributed by atoms with Crippen LogP contribution in [0, 0.1) is 17.1 Å². The maximum absolute atomic E-state index is 13.5. The van der Waals surface area contributed by atoms with Gasteiger partial charge in [0.25, 0.3) is 0 Å². The van der Waals surface area contributed by atoms with Gasteiger partial charge in [0.2, 0.25) is 0 Å². The van der Waals surface area contributed by atoms with Crippen molar-refractivity contribution in [1.29, 1.82) is 5.26 Å². The summed E-state index contributed by atoms with van der Waals surface area (Å²) in [6.07, 6.45) is 1.26. The van der Waals surface area contributed by atoms with E-state index in [9.17, 15) is 4.39 Å². The van der Waals surface area contributed by atoms with Crippen LogP contribution < -0.4 is 0 Å². The minimum absolute atomic E-state index is 0.233. The van der Waals surface area contributed by atoms with Crippen LogP contribution in [0.4, 0.5) is 4.39 Å². The minimum Gasteiger partial charge on any atom is -0.377 e. The van der Waals surface area contributed by atoms with Crippen molar-refractivity contribution in [1.82, 2.24) is 0 Å². The van der Waals surface area contributed by atoms with Crippen molar-refractivity contribution in [2.75, 3.05) is 6.61 Å². The molecule has 0 spiro atoms. The quantitative estimate of drug-likeness (QED) is 0.827. The van der Waals surface area contributed by atoms with Gasteiger partial charge in [0.05, 0.1) is 17.7 Å². The molecular formula is C13H14FNOS. The Morgan fingerprint density at radius 3 is 3.06 bits per heavy atom. The lowest BCUT2D eigenvalue weighted by Crippen LogP contribution is -2.13. The minimum atomic E-state index is -0.233. The summed E-state index contributed by atoms with van der Waals surface area (Å²) in [4.78, 5) is 0. The van der Waals surface area contributed by atoms with E-state index in [-0.39, 0.29) is 11.9 Å². The first-order chi connectivity index (χ1) is 8.20. The maximum Gasteiger partial charge on any atom is 0.127 e. The third-order valence-electron chi connectivity index (χ3n) is 2.93. The number of nitrogens with zero attached hydrogens (tertiary/aromatic N) is 1. The number of halogens is 1. The van der Waals surface area contributed by atoms with Crippen molar-refractivity contribution in [2.45, 2.75) is 30.5 Å². The Bertz CT molecular complexity index is 444. The van der Waals surface area contributed by atoms with E-state index >= 15 is 0 Å². The van der Waals surface area contributed by atoms with Gasteiger partial charge in [0.1, 0.15) is 5.82 Å². The molecule has 0 aliphatic carbocycles. The molecule has 0 unspecified atom stereocenters. The molecule has 2 rings (SSSR count). The highest BCUT2D eigenvalue weighted by Crippen LogP contribution is 2.29. The van der Waals surface area contributed by atoms with Crippen molar-refractivity contribution < 1.29 is 9.13 Å². The fraction of sp³-hybridized carbons (Fsp3) is 0.462. The smallest absolute Gasteiger partial charge is 0.127 e. The summed E-state index contributed by atoms with van der Waals surface area (Å²) in [5.41, 5.74) is 1.12. The zero-order valence-corrected chi connectivity index (χ0v) is 10.5. The van der Waals surface area contributed by atoms with Gasteiger partial charge < -0.3 is 4.74 Å². The Kier molecular flexibility index (Phi) is 4.03. The average molecular weight is 251 g/mol. The molecule has 0 saturated carbocycles. The molecule has 0 amide bonds. The summed E-state index contributed by atoms with van der Waals surface area (Å²) in [6, 6.07) is 6.53. The van der Waals surface area contributed by atoms with Crippen LogP contribution >= 0.6 is 11.8 Å². The van der Waals surface area contributed by atoms with E-state index in [2.05, 4.69) is 0 Å². The lowest BCUT2D eigenvalue weighted by molar-refractivity contribution is 0.127. The Hall–Kier alpha value is -1.05. The van der Waals surface area contributed by atoms with Crippen LogP contribution in [0.15, 0.2) is 18.2 Å². The van der Waals surface area contributed by atoms with E-state index in [1.807, 2.05) is 13.0 Å². The molecule has 2 nitrogen and oxygen atoms in total. The van der Waals surface area contributed by atoms with Gasteiger partial charge in [-0.2, -0.15) is 17.0 Å². The summed E-state index contributed by atoms with van der Waals surface area (Å²) < 4.78 is 19.0. The van der Waals surface area contributed by atoms with E-state index in [1.165, 1.54) is 12.1 Å². The number of benzene rings is 1. The van der Waals surface area contributed by atoms with E-state index in [0.717, 1.165) is 13.0 Å². The normalized spacial score (nSPS) is 23.6. The monoisotopic (exact) mass is 251 g/mol.